The van der Waals surface area contributed by atoms with Crippen LogP contribution in [0.2, 0.25) is 5.02 Å². The molecule has 3 N–H and O–H groups in total. The predicted molar refractivity (Wildman–Crippen MR) is 112 cm³/mol. The summed E-state index contributed by atoms with van der Waals surface area (Å²) in [6, 6.07) is 7.79. The van der Waals surface area contributed by atoms with E-state index >= 15 is 0 Å². The van der Waals surface area contributed by atoms with Crippen molar-refractivity contribution in [2.45, 2.75) is 6.04 Å². The van der Waals surface area contributed by atoms with E-state index in [1.807, 2.05) is 24.3 Å². The fourth-order valence-corrected chi connectivity index (χ4v) is 4.65. The first-order chi connectivity index (χ1) is 14.2. The maximum atomic E-state index is 11.8. The smallest absolute Gasteiger partial charge is 0.323 e. The number of anilines is 1. The van der Waals surface area contributed by atoms with Gasteiger partial charge in [0.2, 0.25) is 0 Å². The van der Waals surface area contributed by atoms with Crippen LogP contribution in [0, 0.1) is 0 Å². The lowest BCUT2D eigenvalue weighted by Crippen LogP contribution is -2.53. The van der Waals surface area contributed by atoms with Crippen molar-refractivity contribution in [3.63, 3.8) is 0 Å². The van der Waals surface area contributed by atoms with Crippen molar-refractivity contribution in [3.05, 3.63) is 46.1 Å². The minimum absolute atomic E-state index is 0.179. The summed E-state index contributed by atoms with van der Waals surface area (Å²) >= 11 is 6.89. The maximum Gasteiger partial charge on any atom is 0.323 e. The number of rotatable bonds is 1. The molecule has 0 saturated carbocycles. The van der Waals surface area contributed by atoms with Crippen LogP contribution in [-0.2, 0) is 0 Å². The van der Waals surface area contributed by atoms with Gasteiger partial charge in [-0.3, -0.25) is 0 Å². The number of imidazole rings is 1. The van der Waals surface area contributed by atoms with Gasteiger partial charge in [0.15, 0.2) is 5.75 Å². The molecule has 4 heterocycles. The van der Waals surface area contributed by atoms with Crippen LogP contribution in [0.4, 0.5) is 5.82 Å². The summed E-state index contributed by atoms with van der Waals surface area (Å²) in [5.41, 5.74) is 3.51. The lowest BCUT2D eigenvalue weighted by atomic mass is 10.0. The molecule has 1 fully saturated rings. The molecule has 0 bridgehead atoms. The summed E-state index contributed by atoms with van der Waals surface area (Å²) in [5.74, 6) is 1.45. The van der Waals surface area contributed by atoms with E-state index in [1.165, 1.54) is 0 Å². The molecular formula is C20H17ClN6O2. The monoisotopic (exact) mass is 408 g/mol. The number of hydrogen-bond donors (Lipinski definition) is 3. The van der Waals surface area contributed by atoms with Crippen LogP contribution in [-0.4, -0.2) is 52.2 Å². The Morgan fingerprint density at radius 2 is 2.14 bits per heavy atom. The second-order valence-corrected chi connectivity index (χ2v) is 7.71. The van der Waals surface area contributed by atoms with Crippen molar-refractivity contribution in [2.24, 2.45) is 0 Å². The van der Waals surface area contributed by atoms with Gasteiger partial charge in [0.05, 0.1) is 33.0 Å². The van der Waals surface area contributed by atoms with Gasteiger partial charge in [-0.25, -0.2) is 14.8 Å². The highest BCUT2D eigenvalue weighted by atomic mass is 35.5. The van der Waals surface area contributed by atoms with E-state index in [-0.39, 0.29) is 11.7 Å². The predicted octanol–water partition coefficient (Wildman–Crippen LogP) is 2.29. The van der Waals surface area contributed by atoms with Gasteiger partial charge in [-0.1, -0.05) is 23.7 Å². The van der Waals surface area contributed by atoms with Gasteiger partial charge in [-0.2, -0.15) is 0 Å². The minimum Gasteiger partial charge on any atom is -0.489 e. The van der Waals surface area contributed by atoms with Crippen molar-refractivity contribution in [1.29, 1.82) is 0 Å². The number of ether oxygens (including phenoxy) is 1. The van der Waals surface area contributed by atoms with Crippen LogP contribution in [0.5, 0.6) is 5.75 Å². The number of benzene rings is 2. The van der Waals surface area contributed by atoms with E-state index in [2.05, 4.69) is 30.2 Å². The number of hydrogen-bond acceptors (Lipinski definition) is 6. The molecular weight excluding hydrogens is 392 g/mol. The largest absolute Gasteiger partial charge is 0.489 e. The molecule has 9 heteroatoms. The summed E-state index contributed by atoms with van der Waals surface area (Å²) in [5, 5.41) is 4.74. The molecule has 6 rings (SSSR count). The van der Waals surface area contributed by atoms with Crippen molar-refractivity contribution >= 4 is 39.4 Å². The lowest BCUT2D eigenvalue weighted by molar-refractivity contribution is 0.274. The molecule has 0 unspecified atom stereocenters. The normalized spacial score (nSPS) is 18.5. The number of aromatic nitrogens is 4. The van der Waals surface area contributed by atoms with E-state index in [0.717, 1.165) is 53.0 Å². The van der Waals surface area contributed by atoms with Crippen LogP contribution in [0.1, 0.15) is 0 Å². The second kappa shape index (κ2) is 6.20. The number of halogens is 1. The molecule has 0 aliphatic carbocycles. The Kier molecular flexibility index (Phi) is 3.60. The van der Waals surface area contributed by atoms with Gasteiger partial charge in [0.1, 0.15) is 18.8 Å². The number of fused-ring (bicyclic) bond motifs is 3. The summed E-state index contributed by atoms with van der Waals surface area (Å²) in [4.78, 5) is 28.8. The van der Waals surface area contributed by atoms with Crippen molar-refractivity contribution in [3.8, 4) is 16.9 Å². The topological polar surface area (TPSA) is 98.9 Å². The third kappa shape index (κ3) is 2.46. The third-order valence-electron chi connectivity index (χ3n) is 5.68. The molecule has 2 aromatic carbocycles. The molecule has 1 atom stereocenters. The zero-order valence-corrected chi connectivity index (χ0v) is 16.1. The van der Waals surface area contributed by atoms with Crippen LogP contribution < -0.4 is 20.6 Å². The summed E-state index contributed by atoms with van der Waals surface area (Å²) in [6.07, 6.45) is 1.59. The van der Waals surface area contributed by atoms with E-state index in [4.69, 9.17) is 16.3 Å². The average Bonchev–Trinajstić information content (AvgIpc) is 3.04. The molecule has 0 amide bonds. The second-order valence-electron chi connectivity index (χ2n) is 7.33. The summed E-state index contributed by atoms with van der Waals surface area (Å²) < 4.78 is 6.23. The molecule has 8 nitrogen and oxygen atoms in total. The Balaban J connectivity index is 1.65. The van der Waals surface area contributed by atoms with Crippen LogP contribution in [0.25, 0.3) is 33.1 Å². The van der Waals surface area contributed by atoms with Crippen LogP contribution in [0.15, 0.2) is 35.4 Å². The zero-order valence-electron chi connectivity index (χ0n) is 15.3. The number of nitrogens with zero attached hydrogens (tertiary/aromatic N) is 3. The molecule has 29 heavy (non-hydrogen) atoms. The molecule has 2 aromatic heterocycles. The van der Waals surface area contributed by atoms with Gasteiger partial charge in [-0.15, -0.1) is 0 Å². The summed E-state index contributed by atoms with van der Waals surface area (Å²) in [6.45, 7) is 3.08. The molecule has 0 radical (unpaired) electrons. The highest BCUT2D eigenvalue weighted by Crippen LogP contribution is 2.46. The Labute approximate surface area is 169 Å². The summed E-state index contributed by atoms with van der Waals surface area (Å²) in [7, 11) is 0. The fourth-order valence-electron chi connectivity index (χ4n) is 4.35. The highest BCUT2D eigenvalue weighted by molar-refractivity contribution is 6.37. The van der Waals surface area contributed by atoms with Gasteiger partial charge in [-0.05, 0) is 12.1 Å². The van der Waals surface area contributed by atoms with E-state index in [9.17, 15) is 4.79 Å². The SMILES string of the molecule is O=c1[nH]c2cccc(-c3cc4ncnc5c4c(c3Cl)OC[C@@H]3CNCCN53)c2[nH]1. The van der Waals surface area contributed by atoms with Gasteiger partial charge < -0.3 is 24.9 Å². The first-order valence-corrected chi connectivity index (χ1v) is 9.87. The average molecular weight is 409 g/mol. The Morgan fingerprint density at radius 1 is 1.21 bits per heavy atom. The quantitative estimate of drug-likeness (QED) is 0.447. The first kappa shape index (κ1) is 16.8. The van der Waals surface area contributed by atoms with E-state index < -0.39 is 0 Å². The lowest BCUT2D eigenvalue weighted by Gasteiger charge is -2.35. The molecule has 146 valence electrons. The first-order valence-electron chi connectivity index (χ1n) is 9.49. The van der Waals surface area contributed by atoms with Gasteiger partial charge in [0.25, 0.3) is 0 Å². The third-order valence-corrected chi connectivity index (χ3v) is 6.06. The number of aromatic amines is 2. The Bertz CT molecular complexity index is 1330. The molecule has 4 aromatic rings. The van der Waals surface area contributed by atoms with E-state index in [0.29, 0.717) is 22.9 Å². The minimum atomic E-state index is -0.257. The Morgan fingerprint density at radius 3 is 3.07 bits per heavy atom. The van der Waals surface area contributed by atoms with E-state index in [1.54, 1.807) is 6.33 Å². The van der Waals surface area contributed by atoms with Gasteiger partial charge >= 0.3 is 5.69 Å². The molecule has 0 spiro atoms. The zero-order chi connectivity index (χ0) is 19.5. The van der Waals surface area contributed by atoms with Gasteiger partial charge in [0, 0.05) is 30.8 Å². The molecule has 1 saturated heterocycles. The Hall–Kier alpha value is -3.10. The molecule has 2 aliphatic heterocycles. The van der Waals surface area contributed by atoms with Crippen molar-refractivity contribution in [1.82, 2.24) is 25.3 Å². The maximum absolute atomic E-state index is 11.8. The molecule has 2 aliphatic rings. The number of piperazine rings is 1. The fraction of sp³-hybridized carbons (Fsp3) is 0.250. The van der Waals surface area contributed by atoms with Crippen LogP contribution >= 0.6 is 11.6 Å². The van der Waals surface area contributed by atoms with Crippen molar-refractivity contribution < 1.29 is 4.74 Å². The van der Waals surface area contributed by atoms with Crippen LogP contribution in [0.3, 0.4) is 0 Å². The number of para-hydroxylation sites is 1. The van der Waals surface area contributed by atoms with Crippen molar-refractivity contribution in [2.75, 3.05) is 31.1 Å². The number of H-pyrrole nitrogens is 2. The highest BCUT2D eigenvalue weighted by Gasteiger charge is 2.32. The standard InChI is InChI=1S/C20H17ClN6O2/c21-16-12(11-2-1-3-13-17(11)26-20(28)25-13)6-14-15-18(16)29-8-10-7-22-4-5-27(10)19(15)24-9-23-14/h1-3,6,9-10,22H,4-5,7-8H2,(H2,25,26,28)/t10-/m0/s1. The number of nitrogens with one attached hydrogen (secondary N) is 3.